The maximum Gasteiger partial charge on any atom is 0.256 e. The number of hydrogen-bond donors (Lipinski definition) is 1. The molecule has 4 heteroatoms. The van der Waals surface area contributed by atoms with Gasteiger partial charge in [-0.1, -0.05) is 60.6 Å². The summed E-state index contributed by atoms with van der Waals surface area (Å²) in [6.45, 7) is 2.07. The Morgan fingerprint density at radius 1 is 1.09 bits per heavy atom. The van der Waals surface area contributed by atoms with E-state index < -0.39 is 0 Å². The van der Waals surface area contributed by atoms with Crippen LogP contribution in [0.3, 0.4) is 0 Å². The van der Waals surface area contributed by atoms with Crippen LogP contribution in [0.15, 0.2) is 65.8 Å². The molecule has 4 nitrogen and oxygen atoms in total. The van der Waals surface area contributed by atoms with Gasteiger partial charge in [0.15, 0.2) is 11.9 Å². The molecule has 0 unspecified atom stereocenters. The van der Waals surface area contributed by atoms with E-state index in [1.807, 2.05) is 48.5 Å². The number of amides is 1. The molecule has 0 radical (unpaired) electrons. The van der Waals surface area contributed by atoms with Crippen molar-refractivity contribution < 1.29 is 9.63 Å². The highest BCUT2D eigenvalue weighted by molar-refractivity contribution is 6.07. The standard InChI is InChI=1S/C18H18N2O2/c1-2-15-16(13-9-5-3-6-10-13)22-20-17(15)19-18(21)14-11-7-4-8-12-14/h3-12,15-16H,2H2,1H3,(H,19,20,21)/t15-,16-/m0/s1. The molecule has 22 heavy (non-hydrogen) atoms. The minimum Gasteiger partial charge on any atom is -0.385 e. The largest absolute Gasteiger partial charge is 0.385 e. The lowest BCUT2D eigenvalue weighted by molar-refractivity contribution is 0.0605. The summed E-state index contributed by atoms with van der Waals surface area (Å²) in [6, 6.07) is 19.1. The van der Waals surface area contributed by atoms with E-state index in [0.717, 1.165) is 12.0 Å². The van der Waals surface area contributed by atoms with Crippen molar-refractivity contribution >= 4 is 11.7 Å². The fraction of sp³-hybridized carbons (Fsp3) is 0.222. The molecular weight excluding hydrogens is 276 g/mol. The highest BCUT2D eigenvalue weighted by Gasteiger charge is 2.35. The SMILES string of the molecule is CC[C@@H]1C(NC(=O)c2ccccc2)=NO[C@H]1c1ccccc1. The molecule has 0 saturated carbocycles. The van der Waals surface area contributed by atoms with Crippen LogP contribution in [0.5, 0.6) is 0 Å². The predicted molar refractivity (Wildman–Crippen MR) is 85.4 cm³/mol. The molecule has 0 fully saturated rings. The third-order valence-electron chi connectivity index (χ3n) is 3.83. The number of nitrogens with one attached hydrogen (secondary N) is 1. The van der Waals surface area contributed by atoms with Gasteiger partial charge in [0.2, 0.25) is 0 Å². The van der Waals surface area contributed by atoms with Gasteiger partial charge < -0.3 is 10.2 Å². The number of carbonyl (C=O) groups is 1. The van der Waals surface area contributed by atoms with Gasteiger partial charge >= 0.3 is 0 Å². The first-order valence-corrected chi connectivity index (χ1v) is 7.44. The first-order chi connectivity index (χ1) is 10.8. The highest BCUT2D eigenvalue weighted by atomic mass is 16.6. The first kappa shape index (κ1) is 14.3. The van der Waals surface area contributed by atoms with Gasteiger partial charge in [-0.15, -0.1) is 0 Å². The smallest absolute Gasteiger partial charge is 0.256 e. The molecule has 2 atom stereocenters. The Kier molecular flexibility index (Phi) is 4.19. The monoisotopic (exact) mass is 294 g/mol. The highest BCUT2D eigenvalue weighted by Crippen LogP contribution is 2.34. The van der Waals surface area contributed by atoms with Gasteiger partial charge in [-0.2, -0.15) is 0 Å². The summed E-state index contributed by atoms with van der Waals surface area (Å²) < 4.78 is 0. The molecule has 2 aromatic carbocycles. The molecule has 0 aliphatic carbocycles. The number of carbonyl (C=O) groups excluding carboxylic acids is 1. The molecule has 0 saturated heterocycles. The van der Waals surface area contributed by atoms with Crippen molar-refractivity contribution in [2.75, 3.05) is 0 Å². The molecule has 1 amide bonds. The van der Waals surface area contributed by atoms with E-state index in [1.165, 1.54) is 0 Å². The lowest BCUT2D eigenvalue weighted by atomic mass is 9.93. The molecule has 1 N–H and O–H groups in total. The van der Waals surface area contributed by atoms with E-state index in [1.54, 1.807) is 12.1 Å². The van der Waals surface area contributed by atoms with Gasteiger partial charge in [-0.25, -0.2) is 0 Å². The van der Waals surface area contributed by atoms with Crippen LogP contribution in [0.1, 0.15) is 35.4 Å². The van der Waals surface area contributed by atoms with Crippen molar-refractivity contribution in [3.05, 3.63) is 71.8 Å². The number of oxime groups is 1. The van der Waals surface area contributed by atoms with Crippen LogP contribution in [-0.2, 0) is 4.84 Å². The lowest BCUT2D eigenvalue weighted by Crippen LogP contribution is -2.35. The van der Waals surface area contributed by atoms with Crippen LogP contribution in [0.2, 0.25) is 0 Å². The summed E-state index contributed by atoms with van der Waals surface area (Å²) in [4.78, 5) is 17.8. The molecule has 0 bridgehead atoms. The number of nitrogens with zero attached hydrogens (tertiary/aromatic N) is 1. The van der Waals surface area contributed by atoms with Crippen molar-refractivity contribution in [1.82, 2.24) is 5.32 Å². The van der Waals surface area contributed by atoms with E-state index in [9.17, 15) is 4.79 Å². The van der Waals surface area contributed by atoms with Gasteiger partial charge in [-0.05, 0) is 24.1 Å². The van der Waals surface area contributed by atoms with Crippen LogP contribution in [0, 0.1) is 5.92 Å². The summed E-state index contributed by atoms with van der Waals surface area (Å²) in [5.74, 6) is 0.496. The molecule has 2 aromatic rings. The van der Waals surface area contributed by atoms with Crippen molar-refractivity contribution in [2.24, 2.45) is 11.1 Å². The summed E-state index contributed by atoms with van der Waals surface area (Å²) >= 11 is 0. The zero-order chi connectivity index (χ0) is 15.4. The average molecular weight is 294 g/mol. The third-order valence-corrected chi connectivity index (χ3v) is 3.83. The van der Waals surface area contributed by atoms with Crippen molar-refractivity contribution in [3.8, 4) is 0 Å². The second kappa shape index (κ2) is 6.43. The Morgan fingerprint density at radius 3 is 2.36 bits per heavy atom. The lowest BCUT2D eigenvalue weighted by Gasteiger charge is -2.17. The molecule has 0 spiro atoms. The van der Waals surface area contributed by atoms with Gasteiger partial charge in [0.1, 0.15) is 0 Å². The Bertz CT molecular complexity index is 668. The number of benzene rings is 2. The van der Waals surface area contributed by atoms with Crippen molar-refractivity contribution in [1.29, 1.82) is 0 Å². The van der Waals surface area contributed by atoms with Crippen LogP contribution < -0.4 is 5.32 Å². The summed E-state index contributed by atoms with van der Waals surface area (Å²) in [7, 11) is 0. The third kappa shape index (κ3) is 2.86. The van der Waals surface area contributed by atoms with Gasteiger partial charge in [0, 0.05) is 5.56 Å². The molecule has 0 aromatic heterocycles. The van der Waals surface area contributed by atoms with Gasteiger partial charge in [0.25, 0.3) is 5.91 Å². The fourth-order valence-corrected chi connectivity index (χ4v) is 2.63. The summed E-state index contributed by atoms with van der Waals surface area (Å²) in [5.41, 5.74) is 1.69. The maximum atomic E-state index is 12.3. The van der Waals surface area contributed by atoms with E-state index in [0.29, 0.717) is 11.4 Å². The number of hydrogen-bond acceptors (Lipinski definition) is 3. The number of rotatable bonds is 3. The van der Waals surface area contributed by atoms with Crippen LogP contribution >= 0.6 is 0 Å². The van der Waals surface area contributed by atoms with Crippen molar-refractivity contribution in [2.45, 2.75) is 19.4 Å². The Labute approximate surface area is 129 Å². The molecule has 1 aliphatic heterocycles. The molecule has 112 valence electrons. The maximum absolute atomic E-state index is 12.3. The van der Waals surface area contributed by atoms with E-state index in [4.69, 9.17) is 4.84 Å². The fourth-order valence-electron chi connectivity index (χ4n) is 2.63. The van der Waals surface area contributed by atoms with Gasteiger partial charge in [-0.3, -0.25) is 4.79 Å². The van der Waals surface area contributed by atoms with E-state index in [-0.39, 0.29) is 17.9 Å². The summed E-state index contributed by atoms with van der Waals surface area (Å²) in [5, 5.41) is 6.98. The quantitative estimate of drug-likeness (QED) is 0.941. The minimum atomic E-state index is -0.157. The second-order valence-electron chi connectivity index (χ2n) is 5.25. The van der Waals surface area contributed by atoms with E-state index >= 15 is 0 Å². The first-order valence-electron chi connectivity index (χ1n) is 7.44. The topological polar surface area (TPSA) is 50.7 Å². The Balaban J connectivity index is 1.74. The van der Waals surface area contributed by atoms with Crippen LogP contribution in [0.25, 0.3) is 0 Å². The average Bonchev–Trinajstić information content (AvgIpc) is 2.99. The molecule has 1 heterocycles. The predicted octanol–water partition coefficient (Wildman–Crippen LogP) is 3.53. The van der Waals surface area contributed by atoms with Gasteiger partial charge in [0.05, 0.1) is 5.92 Å². The minimum absolute atomic E-state index is 0.0510. The van der Waals surface area contributed by atoms with Crippen LogP contribution in [-0.4, -0.2) is 11.7 Å². The van der Waals surface area contributed by atoms with E-state index in [2.05, 4.69) is 17.4 Å². The zero-order valence-corrected chi connectivity index (χ0v) is 12.4. The molecule has 1 aliphatic rings. The summed E-state index contributed by atoms with van der Waals surface area (Å²) in [6.07, 6.45) is 0.699. The van der Waals surface area contributed by atoms with Crippen molar-refractivity contribution in [3.63, 3.8) is 0 Å². The molecular formula is C18H18N2O2. The zero-order valence-electron chi connectivity index (χ0n) is 12.4. The Morgan fingerprint density at radius 2 is 1.73 bits per heavy atom. The van der Waals surface area contributed by atoms with Crippen LogP contribution in [0.4, 0.5) is 0 Å². The normalized spacial score (nSPS) is 20.1. The Hall–Kier alpha value is -2.62. The molecule has 3 rings (SSSR count). The second-order valence-corrected chi connectivity index (χ2v) is 5.25. The number of amidine groups is 1.